The van der Waals surface area contributed by atoms with Crippen LogP contribution in [-0.2, 0) is 14.3 Å². The fraction of sp³-hybridized carbons (Fsp3) is 0.833. The fourth-order valence-corrected chi connectivity index (χ4v) is 1.98. The van der Waals surface area contributed by atoms with Crippen molar-refractivity contribution in [2.75, 3.05) is 20.2 Å². The molecule has 1 rings (SSSR count). The van der Waals surface area contributed by atoms with Crippen molar-refractivity contribution in [1.29, 1.82) is 0 Å². The van der Waals surface area contributed by atoms with E-state index in [-0.39, 0.29) is 18.3 Å². The van der Waals surface area contributed by atoms with Gasteiger partial charge in [-0.05, 0) is 39.7 Å². The van der Waals surface area contributed by atoms with E-state index in [1.807, 2.05) is 0 Å². The third-order valence-electron chi connectivity index (χ3n) is 2.82. The molecule has 0 aromatic heterocycles. The average Bonchev–Trinajstić information content (AvgIpc) is 2.69. The fourth-order valence-electron chi connectivity index (χ4n) is 1.98. The lowest BCUT2D eigenvalue weighted by Gasteiger charge is -2.27. The van der Waals surface area contributed by atoms with Crippen molar-refractivity contribution in [3.8, 4) is 0 Å². The number of carbonyl (C=O) groups is 2. The molecule has 0 saturated carbocycles. The molecule has 0 bridgehead atoms. The summed E-state index contributed by atoms with van der Waals surface area (Å²) < 4.78 is 9.99. The normalized spacial score (nSPS) is 22.7. The second kappa shape index (κ2) is 6.96. The molecule has 19 heavy (non-hydrogen) atoms. The second-order valence-electron chi connectivity index (χ2n) is 5.51. The number of carbonyl (C=O) groups excluding carboxylic acids is 2. The average molecular weight is 295 g/mol. The molecule has 1 aliphatic rings. The third kappa shape index (κ3) is 4.87. The van der Waals surface area contributed by atoms with Gasteiger partial charge in [0.15, 0.2) is 0 Å². The zero-order valence-corrected chi connectivity index (χ0v) is 12.7. The van der Waals surface area contributed by atoms with Gasteiger partial charge in [0.1, 0.15) is 11.6 Å². The lowest BCUT2D eigenvalue weighted by molar-refractivity contribution is -0.145. The first kappa shape index (κ1) is 18.0. The van der Waals surface area contributed by atoms with Crippen LogP contribution in [0.3, 0.4) is 0 Å². The summed E-state index contributed by atoms with van der Waals surface area (Å²) in [5.74, 6) is -0.307. The third-order valence-corrected chi connectivity index (χ3v) is 2.82. The van der Waals surface area contributed by atoms with Crippen molar-refractivity contribution in [3.05, 3.63) is 0 Å². The van der Waals surface area contributed by atoms with Crippen molar-refractivity contribution >= 4 is 24.5 Å². The van der Waals surface area contributed by atoms with Crippen LogP contribution in [0.25, 0.3) is 0 Å². The van der Waals surface area contributed by atoms with Crippen molar-refractivity contribution in [1.82, 2.24) is 4.90 Å². The summed E-state index contributed by atoms with van der Waals surface area (Å²) in [5.41, 5.74) is 5.01. The summed E-state index contributed by atoms with van der Waals surface area (Å²) in [5, 5.41) is 0. The van der Waals surface area contributed by atoms with Crippen LogP contribution in [-0.4, -0.2) is 48.8 Å². The zero-order valence-electron chi connectivity index (χ0n) is 11.8. The first-order chi connectivity index (χ1) is 8.28. The Bertz CT molecular complexity index is 330. The molecule has 1 fully saturated rings. The molecular weight excluding hydrogens is 272 g/mol. The molecule has 0 aromatic rings. The predicted octanol–water partition coefficient (Wildman–Crippen LogP) is 1.17. The summed E-state index contributed by atoms with van der Waals surface area (Å²) in [7, 11) is 1.31. The maximum atomic E-state index is 12.0. The van der Waals surface area contributed by atoms with E-state index < -0.39 is 23.7 Å². The van der Waals surface area contributed by atoms with E-state index in [0.29, 0.717) is 19.5 Å². The Labute approximate surface area is 120 Å². The minimum Gasteiger partial charge on any atom is -0.467 e. The van der Waals surface area contributed by atoms with Crippen molar-refractivity contribution in [3.63, 3.8) is 0 Å². The number of ether oxygens (including phenoxy) is 2. The molecule has 7 heteroatoms. The number of likely N-dealkylation sites (tertiary alicyclic amines) is 1. The Morgan fingerprint density at radius 3 is 2.37 bits per heavy atom. The van der Waals surface area contributed by atoms with Gasteiger partial charge in [-0.2, -0.15) is 0 Å². The van der Waals surface area contributed by atoms with Crippen LogP contribution in [0.2, 0.25) is 0 Å². The number of rotatable bonds is 2. The number of esters is 1. The summed E-state index contributed by atoms with van der Waals surface area (Å²) in [6.07, 6.45) is 0.0384. The van der Waals surface area contributed by atoms with Crippen molar-refractivity contribution < 1.29 is 19.1 Å². The van der Waals surface area contributed by atoms with Gasteiger partial charge >= 0.3 is 12.1 Å². The standard InChI is InChI=1S/C12H22N2O4.ClH/c1-12(2,3)18-11(16)14-7-8(6-13)5-9(14)10(15)17-4;/h8-9H,5-7,13H2,1-4H3;1H. The minimum atomic E-state index is -0.585. The van der Waals surface area contributed by atoms with Gasteiger partial charge in [-0.1, -0.05) is 0 Å². The smallest absolute Gasteiger partial charge is 0.411 e. The second-order valence-corrected chi connectivity index (χ2v) is 5.51. The summed E-state index contributed by atoms with van der Waals surface area (Å²) in [6.45, 7) is 6.23. The monoisotopic (exact) mass is 294 g/mol. The van der Waals surface area contributed by atoms with Crippen molar-refractivity contribution in [2.45, 2.75) is 38.8 Å². The highest BCUT2D eigenvalue weighted by Crippen LogP contribution is 2.25. The van der Waals surface area contributed by atoms with Gasteiger partial charge in [0.2, 0.25) is 0 Å². The lowest BCUT2D eigenvalue weighted by atomic mass is 10.1. The number of hydrogen-bond donors (Lipinski definition) is 1. The Morgan fingerprint density at radius 1 is 1.37 bits per heavy atom. The first-order valence-corrected chi connectivity index (χ1v) is 6.06. The number of hydrogen-bond acceptors (Lipinski definition) is 5. The molecule has 0 radical (unpaired) electrons. The van der Waals surface area contributed by atoms with Crippen LogP contribution in [0.5, 0.6) is 0 Å². The summed E-state index contributed by atoms with van der Waals surface area (Å²) in [4.78, 5) is 25.1. The lowest BCUT2D eigenvalue weighted by Crippen LogP contribution is -2.43. The highest BCUT2D eigenvalue weighted by molar-refractivity contribution is 5.85. The van der Waals surface area contributed by atoms with Crippen LogP contribution in [0.15, 0.2) is 0 Å². The molecule has 2 atom stereocenters. The zero-order chi connectivity index (χ0) is 13.9. The van der Waals surface area contributed by atoms with E-state index >= 15 is 0 Å². The van der Waals surface area contributed by atoms with Gasteiger partial charge in [0.25, 0.3) is 0 Å². The number of halogens is 1. The number of nitrogens with two attached hydrogens (primary N) is 1. The molecule has 1 heterocycles. The quantitative estimate of drug-likeness (QED) is 0.773. The Balaban J connectivity index is 0.00000324. The molecule has 0 aromatic carbocycles. The van der Waals surface area contributed by atoms with E-state index in [0.717, 1.165) is 0 Å². The van der Waals surface area contributed by atoms with Gasteiger partial charge in [0, 0.05) is 6.54 Å². The van der Waals surface area contributed by atoms with Gasteiger partial charge in [-0.15, -0.1) is 12.4 Å². The molecule has 6 nitrogen and oxygen atoms in total. The van der Waals surface area contributed by atoms with Crippen LogP contribution >= 0.6 is 12.4 Å². The molecule has 2 N–H and O–H groups in total. The molecule has 1 aliphatic heterocycles. The topological polar surface area (TPSA) is 81.9 Å². The van der Waals surface area contributed by atoms with Crippen LogP contribution in [0, 0.1) is 5.92 Å². The molecule has 1 saturated heterocycles. The van der Waals surface area contributed by atoms with E-state index in [9.17, 15) is 9.59 Å². The van der Waals surface area contributed by atoms with E-state index in [4.69, 9.17) is 15.2 Å². The largest absolute Gasteiger partial charge is 0.467 e. The minimum absolute atomic E-state index is 0. The number of methoxy groups -OCH3 is 1. The highest BCUT2D eigenvalue weighted by Gasteiger charge is 2.41. The van der Waals surface area contributed by atoms with Gasteiger partial charge in [-0.3, -0.25) is 4.90 Å². The van der Waals surface area contributed by atoms with Crippen LogP contribution in [0.4, 0.5) is 4.79 Å². The van der Waals surface area contributed by atoms with Crippen LogP contribution in [0.1, 0.15) is 27.2 Å². The molecule has 0 aliphatic carbocycles. The molecule has 2 unspecified atom stereocenters. The van der Waals surface area contributed by atoms with E-state index in [2.05, 4.69) is 0 Å². The summed E-state index contributed by atoms with van der Waals surface area (Å²) in [6, 6.07) is -0.585. The molecule has 0 spiro atoms. The van der Waals surface area contributed by atoms with E-state index in [1.54, 1.807) is 20.8 Å². The van der Waals surface area contributed by atoms with Gasteiger partial charge in [0.05, 0.1) is 7.11 Å². The predicted molar refractivity (Wildman–Crippen MR) is 73.2 cm³/mol. The SMILES string of the molecule is COC(=O)C1CC(CN)CN1C(=O)OC(C)(C)C.Cl. The highest BCUT2D eigenvalue weighted by atomic mass is 35.5. The van der Waals surface area contributed by atoms with Crippen LogP contribution < -0.4 is 5.73 Å². The Morgan fingerprint density at radius 2 is 1.95 bits per heavy atom. The maximum Gasteiger partial charge on any atom is 0.411 e. The maximum absolute atomic E-state index is 12.0. The van der Waals surface area contributed by atoms with E-state index in [1.165, 1.54) is 12.0 Å². The van der Waals surface area contributed by atoms with Gasteiger partial charge in [-0.25, -0.2) is 9.59 Å². The van der Waals surface area contributed by atoms with Crippen molar-refractivity contribution in [2.24, 2.45) is 11.7 Å². The molecule has 112 valence electrons. The van der Waals surface area contributed by atoms with Gasteiger partial charge < -0.3 is 15.2 Å². The number of amides is 1. The number of nitrogens with zero attached hydrogens (tertiary/aromatic N) is 1. The first-order valence-electron chi connectivity index (χ1n) is 6.06. The molecular formula is C12H23ClN2O4. The molecule has 1 amide bonds. The summed E-state index contributed by atoms with van der Waals surface area (Å²) >= 11 is 0. The Kier molecular flexibility index (Phi) is 6.59. The Hall–Kier alpha value is -1.01.